The summed E-state index contributed by atoms with van der Waals surface area (Å²) in [6, 6.07) is 4.91. The molecule has 0 spiro atoms. The lowest BCUT2D eigenvalue weighted by atomic mass is 10.1. The van der Waals surface area contributed by atoms with Gasteiger partial charge in [0.1, 0.15) is 4.90 Å². The van der Waals surface area contributed by atoms with Crippen molar-refractivity contribution >= 4 is 39.1 Å². The monoisotopic (exact) mass is 358 g/mol. The minimum atomic E-state index is -4.18. The summed E-state index contributed by atoms with van der Waals surface area (Å²) in [6.45, 7) is -0.265. The lowest BCUT2D eigenvalue weighted by Gasteiger charge is -2.11. The van der Waals surface area contributed by atoms with Gasteiger partial charge in [0.2, 0.25) is 15.8 Å². The fourth-order valence-corrected chi connectivity index (χ4v) is 2.89. The Hall–Kier alpha value is -2.36. The number of benzene rings is 1. The van der Waals surface area contributed by atoms with E-state index in [4.69, 9.17) is 21.2 Å². The van der Waals surface area contributed by atoms with Crippen LogP contribution in [0.4, 0.5) is 5.69 Å². The van der Waals surface area contributed by atoms with Crippen LogP contribution in [-0.2, 0) is 10.0 Å². The van der Waals surface area contributed by atoms with Crippen LogP contribution in [-0.4, -0.2) is 31.8 Å². The van der Waals surface area contributed by atoms with Gasteiger partial charge in [0, 0.05) is 0 Å². The first-order chi connectivity index (χ1) is 10.7. The molecule has 2 rings (SSSR count). The Kier molecular flexibility index (Phi) is 4.73. The molecule has 8 nitrogen and oxygen atoms in total. The van der Waals surface area contributed by atoms with Gasteiger partial charge in [-0.05, 0) is 24.3 Å². The van der Waals surface area contributed by atoms with Crippen LogP contribution in [0.25, 0.3) is 0 Å². The minimum absolute atomic E-state index is 0.0187. The van der Waals surface area contributed by atoms with E-state index in [1.807, 2.05) is 0 Å². The van der Waals surface area contributed by atoms with Crippen LogP contribution in [0, 0.1) is 0 Å². The normalized spacial score (nSPS) is 11.2. The predicted molar refractivity (Wildman–Crippen MR) is 81.3 cm³/mol. The Morgan fingerprint density at radius 1 is 1.35 bits per heavy atom. The minimum Gasteiger partial charge on any atom is -0.478 e. The summed E-state index contributed by atoms with van der Waals surface area (Å²) >= 11 is 5.81. The molecule has 0 amide bonds. The lowest BCUT2D eigenvalue weighted by Crippen LogP contribution is -2.18. The molecule has 10 heteroatoms. The maximum absolute atomic E-state index is 11.8. The van der Waals surface area contributed by atoms with Gasteiger partial charge in [-0.2, -0.15) is 0 Å². The Morgan fingerprint density at radius 3 is 2.57 bits per heavy atom. The van der Waals surface area contributed by atoms with Crippen molar-refractivity contribution in [3.63, 3.8) is 0 Å². The smallest absolute Gasteiger partial charge is 0.337 e. The topological polar surface area (TPSA) is 140 Å². The number of ketones is 1. The third-order valence-corrected chi connectivity index (χ3v) is 4.22. The fraction of sp³-hybridized carbons (Fsp3) is 0.0769. The van der Waals surface area contributed by atoms with E-state index in [0.717, 1.165) is 12.1 Å². The third kappa shape index (κ3) is 3.89. The van der Waals surface area contributed by atoms with Crippen LogP contribution in [0.1, 0.15) is 20.9 Å². The number of carbonyl (C=O) groups excluding carboxylic acids is 1. The molecule has 0 aliphatic rings. The summed E-state index contributed by atoms with van der Waals surface area (Å²) in [5.41, 5.74) is -0.402. The molecule has 1 heterocycles. The maximum atomic E-state index is 11.8. The van der Waals surface area contributed by atoms with E-state index in [-0.39, 0.29) is 28.6 Å². The highest BCUT2D eigenvalue weighted by Gasteiger charge is 2.21. The molecule has 1 aromatic heterocycles. The van der Waals surface area contributed by atoms with Gasteiger partial charge < -0.3 is 14.8 Å². The Balaban J connectivity index is 2.33. The molecule has 2 aromatic rings. The van der Waals surface area contributed by atoms with Crippen molar-refractivity contribution in [1.82, 2.24) is 0 Å². The first-order valence-corrected chi connectivity index (χ1v) is 8.03. The molecular formula is C13H11ClN2O6S. The predicted octanol–water partition coefficient (Wildman–Crippen LogP) is 1.57. The van der Waals surface area contributed by atoms with Crippen LogP contribution >= 0.6 is 11.6 Å². The van der Waals surface area contributed by atoms with Crippen LogP contribution in [0.2, 0.25) is 5.02 Å². The van der Waals surface area contributed by atoms with E-state index in [9.17, 15) is 23.1 Å². The largest absolute Gasteiger partial charge is 0.478 e. The molecule has 0 aliphatic heterocycles. The molecule has 1 aromatic carbocycles. The molecule has 23 heavy (non-hydrogen) atoms. The summed E-state index contributed by atoms with van der Waals surface area (Å²) in [5.74, 6) is -1.72. The highest BCUT2D eigenvalue weighted by atomic mass is 35.5. The summed E-state index contributed by atoms with van der Waals surface area (Å²) in [6.07, 6.45) is 1.33. The molecule has 0 saturated heterocycles. The first kappa shape index (κ1) is 17.0. The number of sulfonamides is 1. The number of carbonyl (C=O) groups is 2. The number of hydrogen-bond donors (Lipinski definition) is 3. The van der Waals surface area contributed by atoms with Crippen molar-refractivity contribution in [3.05, 3.63) is 46.9 Å². The molecular weight excluding hydrogens is 348 g/mol. The van der Waals surface area contributed by atoms with Crippen molar-refractivity contribution < 1.29 is 27.5 Å². The zero-order chi connectivity index (χ0) is 17.2. The quantitative estimate of drug-likeness (QED) is 0.666. The van der Waals surface area contributed by atoms with E-state index in [1.54, 1.807) is 0 Å². The SMILES string of the molecule is NS(=O)(=O)c1cc(C(=O)O)c(NCC(=O)c2ccco2)cc1Cl. The van der Waals surface area contributed by atoms with Gasteiger partial charge in [-0.25, -0.2) is 18.4 Å². The van der Waals surface area contributed by atoms with Crippen molar-refractivity contribution in [2.75, 3.05) is 11.9 Å². The standard InChI is InChI=1S/C13H11ClN2O6S/c14-8-5-9(16-6-10(17)11-2-1-3-22-11)7(13(18)19)4-12(8)23(15,20)21/h1-5,16H,6H2,(H,18,19)(H2,15,20,21). The summed E-state index contributed by atoms with van der Waals surface area (Å²) < 4.78 is 27.7. The fourth-order valence-electron chi connectivity index (χ4n) is 1.79. The van der Waals surface area contributed by atoms with Gasteiger partial charge in [0.25, 0.3) is 0 Å². The molecule has 4 N–H and O–H groups in total. The van der Waals surface area contributed by atoms with Gasteiger partial charge in [0.15, 0.2) is 5.76 Å². The third-order valence-electron chi connectivity index (χ3n) is 2.84. The van der Waals surface area contributed by atoms with Crippen LogP contribution in [0.3, 0.4) is 0 Å². The van der Waals surface area contributed by atoms with Gasteiger partial charge in [-0.1, -0.05) is 11.6 Å². The summed E-state index contributed by atoms with van der Waals surface area (Å²) in [7, 11) is -4.18. The maximum Gasteiger partial charge on any atom is 0.337 e. The van der Waals surface area contributed by atoms with E-state index >= 15 is 0 Å². The van der Waals surface area contributed by atoms with Gasteiger partial charge in [0.05, 0.1) is 29.1 Å². The second kappa shape index (κ2) is 6.41. The summed E-state index contributed by atoms with van der Waals surface area (Å²) in [5, 5.41) is 16.5. The molecule has 0 bridgehead atoms. The number of nitrogens with one attached hydrogen (secondary N) is 1. The van der Waals surface area contributed by atoms with E-state index < -0.39 is 26.7 Å². The molecule has 122 valence electrons. The Bertz CT molecular complexity index is 861. The number of furan rings is 1. The second-order valence-electron chi connectivity index (χ2n) is 4.43. The molecule has 0 atom stereocenters. The zero-order valence-corrected chi connectivity index (χ0v) is 13.0. The first-order valence-electron chi connectivity index (χ1n) is 6.10. The average molecular weight is 359 g/mol. The van der Waals surface area contributed by atoms with Gasteiger partial charge in [-0.15, -0.1) is 0 Å². The number of halogens is 1. The molecule has 0 fully saturated rings. The van der Waals surface area contributed by atoms with Gasteiger partial charge in [-0.3, -0.25) is 4.79 Å². The molecule has 0 unspecified atom stereocenters. The van der Waals surface area contributed by atoms with Crippen molar-refractivity contribution in [2.45, 2.75) is 4.90 Å². The number of carboxylic acid groups (broad SMARTS) is 1. The number of hydrogen-bond acceptors (Lipinski definition) is 6. The van der Waals surface area contributed by atoms with Crippen LogP contribution < -0.4 is 10.5 Å². The van der Waals surface area contributed by atoms with E-state index in [1.165, 1.54) is 18.4 Å². The second-order valence-corrected chi connectivity index (χ2v) is 6.37. The van der Waals surface area contributed by atoms with Crippen molar-refractivity contribution in [3.8, 4) is 0 Å². The highest BCUT2D eigenvalue weighted by molar-refractivity contribution is 7.89. The lowest BCUT2D eigenvalue weighted by molar-refractivity contribution is 0.0697. The van der Waals surface area contributed by atoms with E-state index in [2.05, 4.69) is 5.32 Å². The Labute approximate surface area is 135 Å². The Morgan fingerprint density at radius 2 is 2.04 bits per heavy atom. The van der Waals surface area contributed by atoms with Crippen LogP contribution in [0.15, 0.2) is 39.8 Å². The van der Waals surface area contributed by atoms with Crippen molar-refractivity contribution in [2.24, 2.45) is 5.14 Å². The highest BCUT2D eigenvalue weighted by Crippen LogP contribution is 2.28. The number of carboxylic acids is 1. The van der Waals surface area contributed by atoms with Crippen LogP contribution in [0.5, 0.6) is 0 Å². The van der Waals surface area contributed by atoms with Gasteiger partial charge >= 0.3 is 5.97 Å². The van der Waals surface area contributed by atoms with Crippen molar-refractivity contribution in [1.29, 1.82) is 0 Å². The number of aromatic carboxylic acids is 1. The molecule has 0 saturated carbocycles. The number of primary sulfonamides is 1. The van der Waals surface area contributed by atoms with E-state index in [0.29, 0.717) is 0 Å². The zero-order valence-electron chi connectivity index (χ0n) is 11.4. The molecule has 0 radical (unpaired) electrons. The average Bonchev–Trinajstić information content (AvgIpc) is 2.97. The number of rotatable bonds is 6. The molecule has 0 aliphatic carbocycles. The number of anilines is 1. The number of nitrogens with two attached hydrogens (primary N) is 1. The number of Topliss-reactive ketones (excluding diaryl/α,β-unsaturated/α-hetero) is 1. The summed E-state index contributed by atoms with van der Waals surface area (Å²) in [4.78, 5) is 22.6.